The number of nitrogen functional groups attached to an aromatic ring is 1. The lowest BCUT2D eigenvalue weighted by Gasteiger charge is -2.14. The van der Waals surface area contributed by atoms with Gasteiger partial charge in [-0.05, 0) is 38.1 Å². The molecule has 1 aromatic carbocycles. The number of fused-ring (bicyclic) bond motifs is 1. The van der Waals surface area contributed by atoms with Gasteiger partial charge in [-0.1, -0.05) is 12.1 Å². The first-order valence-corrected chi connectivity index (χ1v) is 7.12. The molecule has 5 nitrogen and oxygen atoms in total. The van der Waals surface area contributed by atoms with E-state index in [1.165, 1.54) is 12.8 Å². The summed E-state index contributed by atoms with van der Waals surface area (Å²) in [6.07, 6.45) is 2.55. The maximum absolute atomic E-state index is 12.1. The Balaban J connectivity index is 1.61. The fourth-order valence-corrected chi connectivity index (χ4v) is 2.73. The van der Waals surface area contributed by atoms with Crippen molar-refractivity contribution in [3.8, 4) is 0 Å². The Labute approximate surface area is 118 Å². The molecule has 1 amide bonds. The van der Waals surface area contributed by atoms with Crippen molar-refractivity contribution in [1.29, 1.82) is 0 Å². The third-order valence-electron chi connectivity index (χ3n) is 3.85. The van der Waals surface area contributed by atoms with Crippen molar-refractivity contribution >= 4 is 22.5 Å². The van der Waals surface area contributed by atoms with E-state index < -0.39 is 0 Å². The van der Waals surface area contributed by atoms with E-state index >= 15 is 0 Å². The highest BCUT2D eigenvalue weighted by atomic mass is 16.1. The fourth-order valence-electron chi connectivity index (χ4n) is 2.73. The van der Waals surface area contributed by atoms with E-state index in [4.69, 9.17) is 5.73 Å². The number of para-hydroxylation sites is 1. The van der Waals surface area contributed by atoms with Gasteiger partial charge in [-0.25, -0.2) is 0 Å². The number of aromatic nitrogens is 1. The van der Waals surface area contributed by atoms with Crippen LogP contribution in [-0.4, -0.2) is 42.0 Å². The van der Waals surface area contributed by atoms with Crippen LogP contribution in [0.3, 0.4) is 0 Å². The molecule has 0 aliphatic carbocycles. The number of H-pyrrole nitrogens is 1. The standard InChI is InChI=1S/C15H20N4O/c16-12-5-3-4-11-10-13(18-14(11)12)15(20)17-6-9-19-7-1-2-8-19/h3-5,10,18H,1-2,6-9,16H2,(H,17,20). The third-order valence-corrected chi connectivity index (χ3v) is 3.85. The number of nitrogens with zero attached hydrogens (tertiary/aromatic N) is 1. The molecule has 0 radical (unpaired) electrons. The van der Waals surface area contributed by atoms with Crippen molar-refractivity contribution in [3.05, 3.63) is 30.0 Å². The third kappa shape index (κ3) is 2.63. The van der Waals surface area contributed by atoms with Crippen LogP contribution in [0.2, 0.25) is 0 Å². The van der Waals surface area contributed by atoms with Gasteiger partial charge in [0, 0.05) is 18.5 Å². The Morgan fingerprint density at radius 2 is 2.15 bits per heavy atom. The Kier molecular flexibility index (Phi) is 3.60. The number of benzene rings is 1. The maximum atomic E-state index is 12.1. The molecule has 2 aromatic rings. The molecule has 0 bridgehead atoms. The first-order chi connectivity index (χ1) is 9.74. The molecule has 0 atom stereocenters. The van der Waals surface area contributed by atoms with Crippen LogP contribution in [-0.2, 0) is 0 Å². The van der Waals surface area contributed by atoms with Crippen molar-refractivity contribution in [2.24, 2.45) is 0 Å². The monoisotopic (exact) mass is 272 g/mol. The predicted octanol–water partition coefficient (Wildman–Crippen LogP) is 1.58. The first-order valence-electron chi connectivity index (χ1n) is 7.12. The van der Waals surface area contributed by atoms with Gasteiger partial charge in [-0.3, -0.25) is 4.79 Å². The summed E-state index contributed by atoms with van der Waals surface area (Å²) in [5, 5.41) is 3.92. The van der Waals surface area contributed by atoms with E-state index in [2.05, 4.69) is 15.2 Å². The summed E-state index contributed by atoms with van der Waals surface area (Å²) in [5.74, 6) is -0.0696. The van der Waals surface area contributed by atoms with E-state index in [9.17, 15) is 4.79 Å². The summed E-state index contributed by atoms with van der Waals surface area (Å²) in [5.41, 5.74) is 7.95. The molecule has 0 saturated carbocycles. The molecule has 2 heterocycles. The van der Waals surface area contributed by atoms with Gasteiger partial charge in [0.25, 0.3) is 5.91 Å². The Hall–Kier alpha value is -2.01. The number of rotatable bonds is 4. The van der Waals surface area contributed by atoms with E-state index in [0.717, 1.165) is 30.5 Å². The molecule has 4 N–H and O–H groups in total. The zero-order valence-electron chi connectivity index (χ0n) is 11.5. The van der Waals surface area contributed by atoms with Crippen LogP contribution in [0.15, 0.2) is 24.3 Å². The van der Waals surface area contributed by atoms with E-state index in [-0.39, 0.29) is 5.91 Å². The second-order valence-corrected chi connectivity index (χ2v) is 5.30. The van der Waals surface area contributed by atoms with E-state index in [0.29, 0.717) is 17.9 Å². The van der Waals surface area contributed by atoms with Gasteiger partial charge in [0.1, 0.15) is 5.69 Å². The summed E-state index contributed by atoms with van der Waals surface area (Å²) in [4.78, 5) is 17.6. The quantitative estimate of drug-likeness (QED) is 0.740. The second kappa shape index (κ2) is 5.54. The lowest BCUT2D eigenvalue weighted by Crippen LogP contribution is -2.33. The first kappa shape index (κ1) is 13.0. The van der Waals surface area contributed by atoms with Gasteiger partial charge >= 0.3 is 0 Å². The number of anilines is 1. The van der Waals surface area contributed by atoms with Crippen LogP contribution < -0.4 is 11.1 Å². The summed E-state index contributed by atoms with van der Waals surface area (Å²) >= 11 is 0. The van der Waals surface area contributed by atoms with Crippen molar-refractivity contribution in [1.82, 2.24) is 15.2 Å². The summed E-state index contributed by atoms with van der Waals surface area (Å²) in [6, 6.07) is 7.51. The molecule has 0 unspecified atom stereocenters. The molecule has 1 saturated heterocycles. The molecular weight excluding hydrogens is 252 g/mol. The molecule has 1 aromatic heterocycles. The van der Waals surface area contributed by atoms with Crippen molar-refractivity contribution in [3.63, 3.8) is 0 Å². The van der Waals surface area contributed by atoms with Crippen molar-refractivity contribution in [2.75, 3.05) is 31.9 Å². The van der Waals surface area contributed by atoms with Gasteiger partial charge < -0.3 is 20.9 Å². The average Bonchev–Trinajstić information content (AvgIpc) is 3.07. The molecule has 0 spiro atoms. The Morgan fingerprint density at radius 1 is 1.35 bits per heavy atom. The Morgan fingerprint density at radius 3 is 2.90 bits per heavy atom. The lowest BCUT2D eigenvalue weighted by molar-refractivity contribution is 0.0945. The van der Waals surface area contributed by atoms with Crippen molar-refractivity contribution < 1.29 is 4.79 Å². The van der Waals surface area contributed by atoms with Gasteiger partial charge in [-0.2, -0.15) is 0 Å². The van der Waals surface area contributed by atoms with Gasteiger partial charge in [0.2, 0.25) is 0 Å². The van der Waals surface area contributed by atoms with Crippen LogP contribution in [0.4, 0.5) is 5.69 Å². The highest BCUT2D eigenvalue weighted by Gasteiger charge is 2.13. The molecule has 5 heteroatoms. The van der Waals surface area contributed by atoms with Gasteiger partial charge in [0.05, 0.1) is 11.2 Å². The maximum Gasteiger partial charge on any atom is 0.267 e. The number of aromatic amines is 1. The van der Waals surface area contributed by atoms with E-state index in [1.54, 1.807) is 0 Å². The summed E-state index contributed by atoms with van der Waals surface area (Å²) in [7, 11) is 0. The molecular formula is C15H20N4O. The largest absolute Gasteiger partial charge is 0.397 e. The van der Waals surface area contributed by atoms with Gasteiger partial charge in [0.15, 0.2) is 0 Å². The topological polar surface area (TPSA) is 74.2 Å². The number of carbonyl (C=O) groups is 1. The zero-order chi connectivity index (χ0) is 13.9. The van der Waals surface area contributed by atoms with Crippen LogP contribution >= 0.6 is 0 Å². The fraction of sp³-hybridized carbons (Fsp3) is 0.400. The number of carbonyl (C=O) groups excluding carboxylic acids is 1. The molecule has 3 rings (SSSR count). The van der Waals surface area contributed by atoms with Crippen LogP contribution in [0.25, 0.3) is 10.9 Å². The van der Waals surface area contributed by atoms with Gasteiger partial charge in [-0.15, -0.1) is 0 Å². The van der Waals surface area contributed by atoms with Crippen LogP contribution in [0.5, 0.6) is 0 Å². The predicted molar refractivity (Wildman–Crippen MR) is 80.7 cm³/mol. The molecule has 1 aliphatic heterocycles. The highest BCUT2D eigenvalue weighted by molar-refractivity contribution is 6.00. The van der Waals surface area contributed by atoms with Crippen LogP contribution in [0.1, 0.15) is 23.3 Å². The van der Waals surface area contributed by atoms with Crippen LogP contribution in [0, 0.1) is 0 Å². The SMILES string of the molecule is Nc1cccc2cc(C(=O)NCCN3CCCC3)[nH]c12. The second-order valence-electron chi connectivity index (χ2n) is 5.30. The minimum absolute atomic E-state index is 0.0696. The average molecular weight is 272 g/mol. The minimum Gasteiger partial charge on any atom is -0.397 e. The molecule has 1 aliphatic rings. The number of hydrogen-bond donors (Lipinski definition) is 3. The summed E-state index contributed by atoms with van der Waals surface area (Å²) < 4.78 is 0. The minimum atomic E-state index is -0.0696. The van der Waals surface area contributed by atoms with Crippen molar-refractivity contribution in [2.45, 2.75) is 12.8 Å². The number of hydrogen-bond acceptors (Lipinski definition) is 3. The Bertz CT molecular complexity index is 613. The lowest BCUT2D eigenvalue weighted by atomic mass is 10.2. The number of likely N-dealkylation sites (tertiary alicyclic amines) is 1. The number of nitrogens with two attached hydrogens (primary N) is 1. The molecule has 1 fully saturated rings. The molecule has 20 heavy (non-hydrogen) atoms. The number of amides is 1. The normalized spacial score (nSPS) is 15.8. The molecule has 106 valence electrons. The highest BCUT2D eigenvalue weighted by Crippen LogP contribution is 2.20. The zero-order valence-corrected chi connectivity index (χ0v) is 11.5. The van der Waals surface area contributed by atoms with E-state index in [1.807, 2.05) is 24.3 Å². The smallest absolute Gasteiger partial charge is 0.267 e. The number of nitrogens with one attached hydrogen (secondary N) is 2. The summed E-state index contributed by atoms with van der Waals surface area (Å²) in [6.45, 7) is 3.91.